The highest BCUT2D eigenvalue weighted by atomic mass is 127. The minimum atomic E-state index is 0. The highest BCUT2D eigenvalue weighted by Crippen LogP contribution is 2.18. The predicted molar refractivity (Wildman–Crippen MR) is 87.6 cm³/mol. The first-order valence-corrected chi connectivity index (χ1v) is 6.53. The molecule has 0 saturated heterocycles. The molecule has 106 valence electrons. The molecular weight excluding hydrogens is 341 g/mol. The van der Waals surface area contributed by atoms with Gasteiger partial charge >= 0.3 is 0 Å². The fraction of sp³-hybridized carbons (Fsp3) is 0.769. The molecule has 5 heteroatoms. The van der Waals surface area contributed by atoms with E-state index in [1.165, 1.54) is 32.1 Å². The average Bonchev–Trinajstić information content (AvgIpc) is 2.58. The maximum absolute atomic E-state index is 5.72. The topological polar surface area (TPSA) is 59.6 Å². The van der Waals surface area contributed by atoms with Gasteiger partial charge in [0.1, 0.15) is 0 Å². The molecule has 0 amide bonds. The molecule has 3 N–H and O–H groups in total. The number of ether oxygens (including phenoxy) is 1. The molecule has 18 heavy (non-hydrogen) atoms. The molecule has 0 aromatic carbocycles. The Morgan fingerprint density at radius 3 is 3.06 bits per heavy atom. The molecule has 4 nitrogen and oxygen atoms in total. The zero-order chi connectivity index (χ0) is 12.3. The van der Waals surface area contributed by atoms with Crippen molar-refractivity contribution in [3.05, 3.63) is 11.6 Å². The maximum Gasteiger partial charge on any atom is 0.188 e. The number of halogens is 1. The summed E-state index contributed by atoms with van der Waals surface area (Å²) in [7, 11) is 1.66. The van der Waals surface area contributed by atoms with Crippen LogP contribution >= 0.6 is 24.0 Å². The molecule has 0 aromatic heterocycles. The monoisotopic (exact) mass is 367 g/mol. The maximum atomic E-state index is 5.72. The number of rotatable bonds is 6. The van der Waals surface area contributed by atoms with Crippen molar-refractivity contribution < 1.29 is 4.74 Å². The van der Waals surface area contributed by atoms with E-state index in [1.807, 2.05) is 0 Å². The van der Waals surface area contributed by atoms with Gasteiger partial charge in [0.15, 0.2) is 5.96 Å². The van der Waals surface area contributed by atoms with Crippen LogP contribution in [0.2, 0.25) is 0 Å². The standard InChI is InChI=1S/C13H25N3O.HI/c1-17-11-10-16-13(14)15-9-8-12-6-4-2-3-5-7-12;/h6H,2-5,7-11H2,1H3,(H3,14,15,16);1H. The van der Waals surface area contributed by atoms with Gasteiger partial charge in [-0.25, -0.2) is 0 Å². The van der Waals surface area contributed by atoms with Crippen LogP contribution in [-0.4, -0.2) is 32.8 Å². The summed E-state index contributed by atoms with van der Waals surface area (Å²) in [6.07, 6.45) is 10.0. The number of guanidine groups is 1. The highest BCUT2D eigenvalue weighted by molar-refractivity contribution is 14.0. The van der Waals surface area contributed by atoms with E-state index in [0.717, 1.165) is 13.0 Å². The Kier molecular flexibility index (Phi) is 11.6. The molecule has 1 rings (SSSR count). The second-order valence-corrected chi connectivity index (χ2v) is 4.40. The quantitative estimate of drug-likeness (QED) is 0.249. The van der Waals surface area contributed by atoms with E-state index in [-0.39, 0.29) is 24.0 Å². The molecule has 0 aromatic rings. The molecule has 0 saturated carbocycles. The molecule has 0 fully saturated rings. The Labute approximate surface area is 127 Å². The first kappa shape index (κ1) is 17.7. The lowest BCUT2D eigenvalue weighted by Gasteiger charge is -2.07. The van der Waals surface area contributed by atoms with Crippen molar-refractivity contribution in [1.29, 1.82) is 0 Å². The van der Waals surface area contributed by atoms with Crippen LogP contribution in [0, 0.1) is 0 Å². The van der Waals surface area contributed by atoms with Crippen LogP contribution in [0.4, 0.5) is 0 Å². The molecule has 1 aliphatic rings. The van der Waals surface area contributed by atoms with Crippen LogP contribution in [0.15, 0.2) is 16.6 Å². The summed E-state index contributed by atoms with van der Waals surface area (Å²) in [5.41, 5.74) is 7.29. The second kappa shape index (κ2) is 11.8. The Balaban J connectivity index is 0.00000289. The smallest absolute Gasteiger partial charge is 0.188 e. The van der Waals surface area contributed by atoms with Gasteiger partial charge < -0.3 is 15.8 Å². The van der Waals surface area contributed by atoms with Gasteiger partial charge in [-0.3, -0.25) is 4.99 Å². The van der Waals surface area contributed by atoms with Crippen LogP contribution in [0.1, 0.15) is 38.5 Å². The van der Waals surface area contributed by atoms with Crippen molar-refractivity contribution >= 4 is 29.9 Å². The number of allylic oxidation sites excluding steroid dienone is 1. The predicted octanol–water partition coefficient (Wildman–Crippen LogP) is 2.44. The molecule has 0 unspecified atom stereocenters. The number of methoxy groups -OCH3 is 1. The van der Waals surface area contributed by atoms with Crippen molar-refractivity contribution in [2.24, 2.45) is 10.7 Å². The Hall–Kier alpha value is -0.300. The van der Waals surface area contributed by atoms with Crippen LogP contribution in [0.25, 0.3) is 0 Å². The summed E-state index contributed by atoms with van der Waals surface area (Å²) in [5, 5.41) is 3.14. The van der Waals surface area contributed by atoms with Gasteiger partial charge in [-0.2, -0.15) is 0 Å². The van der Waals surface area contributed by atoms with E-state index in [2.05, 4.69) is 16.4 Å². The molecule has 0 bridgehead atoms. The highest BCUT2D eigenvalue weighted by Gasteiger charge is 2.02. The van der Waals surface area contributed by atoms with Crippen molar-refractivity contribution in [2.75, 3.05) is 26.8 Å². The largest absolute Gasteiger partial charge is 0.383 e. The van der Waals surface area contributed by atoms with Crippen LogP contribution in [0.5, 0.6) is 0 Å². The van der Waals surface area contributed by atoms with E-state index >= 15 is 0 Å². The molecule has 0 atom stereocenters. The van der Waals surface area contributed by atoms with E-state index in [9.17, 15) is 0 Å². The van der Waals surface area contributed by atoms with Gasteiger partial charge in [0.2, 0.25) is 0 Å². The van der Waals surface area contributed by atoms with Crippen molar-refractivity contribution in [3.63, 3.8) is 0 Å². The van der Waals surface area contributed by atoms with E-state index in [0.29, 0.717) is 19.1 Å². The summed E-state index contributed by atoms with van der Waals surface area (Å²) < 4.78 is 4.91. The van der Waals surface area contributed by atoms with E-state index in [1.54, 1.807) is 12.7 Å². The minimum Gasteiger partial charge on any atom is -0.383 e. The normalized spacial score (nSPS) is 16.5. The molecule has 0 spiro atoms. The van der Waals surface area contributed by atoms with Crippen molar-refractivity contribution in [2.45, 2.75) is 38.5 Å². The zero-order valence-corrected chi connectivity index (χ0v) is 13.6. The van der Waals surface area contributed by atoms with Gasteiger partial charge in [0.25, 0.3) is 0 Å². The number of hydrogen-bond acceptors (Lipinski definition) is 2. The fourth-order valence-corrected chi connectivity index (χ4v) is 1.97. The summed E-state index contributed by atoms with van der Waals surface area (Å²) in [4.78, 5) is 4.15. The van der Waals surface area contributed by atoms with Crippen LogP contribution in [-0.2, 0) is 4.74 Å². The van der Waals surface area contributed by atoms with Crippen LogP contribution in [0.3, 0.4) is 0 Å². The summed E-state index contributed by atoms with van der Waals surface area (Å²) in [6.45, 7) is 2.12. The molecule has 0 aliphatic heterocycles. The Bertz CT molecular complexity index is 267. The van der Waals surface area contributed by atoms with Gasteiger partial charge in [0, 0.05) is 13.7 Å². The minimum absolute atomic E-state index is 0. The van der Waals surface area contributed by atoms with Gasteiger partial charge in [-0.1, -0.05) is 18.1 Å². The summed E-state index contributed by atoms with van der Waals surface area (Å²) in [6, 6.07) is 0. The SMILES string of the molecule is COCCN=C(N)NCCC1=CCCCCC1.I. The third-order valence-electron chi connectivity index (χ3n) is 2.96. The number of aliphatic imine (C=N–C) groups is 1. The summed E-state index contributed by atoms with van der Waals surface area (Å²) >= 11 is 0. The summed E-state index contributed by atoms with van der Waals surface area (Å²) in [5.74, 6) is 0.524. The average molecular weight is 367 g/mol. The van der Waals surface area contributed by atoms with Crippen molar-refractivity contribution in [3.8, 4) is 0 Å². The fourth-order valence-electron chi connectivity index (χ4n) is 1.97. The zero-order valence-electron chi connectivity index (χ0n) is 11.3. The van der Waals surface area contributed by atoms with Gasteiger partial charge in [0.05, 0.1) is 13.2 Å². The third-order valence-corrected chi connectivity index (χ3v) is 2.96. The number of nitrogens with one attached hydrogen (secondary N) is 1. The lowest BCUT2D eigenvalue weighted by molar-refractivity contribution is 0.208. The van der Waals surface area contributed by atoms with E-state index < -0.39 is 0 Å². The van der Waals surface area contributed by atoms with Crippen molar-refractivity contribution in [1.82, 2.24) is 5.32 Å². The first-order valence-electron chi connectivity index (χ1n) is 6.53. The van der Waals surface area contributed by atoms with Gasteiger partial charge in [-0.05, 0) is 32.1 Å². The van der Waals surface area contributed by atoms with Crippen LogP contribution < -0.4 is 11.1 Å². The van der Waals surface area contributed by atoms with E-state index in [4.69, 9.17) is 10.5 Å². The first-order chi connectivity index (χ1) is 8.33. The Morgan fingerprint density at radius 2 is 2.28 bits per heavy atom. The second-order valence-electron chi connectivity index (χ2n) is 4.40. The molecule has 0 radical (unpaired) electrons. The molecular formula is C13H26IN3O. The Morgan fingerprint density at radius 1 is 1.44 bits per heavy atom. The van der Waals surface area contributed by atoms with Gasteiger partial charge in [-0.15, -0.1) is 24.0 Å². The number of nitrogens with two attached hydrogens (primary N) is 1. The lowest BCUT2D eigenvalue weighted by atomic mass is 10.1. The third kappa shape index (κ3) is 8.74. The number of hydrogen-bond donors (Lipinski definition) is 2. The number of nitrogens with zero attached hydrogens (tertiary/aromatic N) is 1. The lowest BCUT2D eigenvalue weighted by Crippen LogP contribution is -2.33. The molecule has 0 heterocycles. The molecule has 1 aliphatic carbocycles.